The molecule has 0 fully saturated rings. The molecule has 0 aliphatic heterocycles. The molecule has 2 rings (SSSR count). The van der Waals surface area contributed by atoms with Crippen molar-refractivity contribution in [3.63, 3.8) is 0 Å². The Morgan fingerprint density at radius 1 is 1.14 bits per heavy atom. The first-order chi connectivity index (χ1) is 6.75. The van der Waals surface area contributed by atoms with E-state index in [1.807, 2.05) is 6.07 Å². The summed E-state index contributed by atoms with van der Waals surface area (Å²) in [5.74, 6) is 0.246. The zero-order valence-electron chi connectivity index (χ0n) is 7.18. The summed E-state index contributed by atoms with van der Waals surface area (Å²) in [6.45, 7) is 0. The maximum atomic E-state index is 5.75. The summed E-state index contributed by atoms with van der Waals surface area (Å²) in [7, 11) is 0. The van der Waals surface area contributed by atoms with Crippen LogP contribution in [0, 0.1) is 0 Å². The Morgan fingerprint density at radius 3 is 2.64 bits per heavy atom. The second kappa shape index (κ2) is 3.59. The molecule has 70 valence electrons. The van der Waals surface area contributed by atoms with Crippen LogP contribution in [0.25, 0.3) is 11.3 Å². The van der Waals surface area contributed by atoms with Crippen molar-refractivity contribution < 1.29 is 0 Å². The van der Waals surface area contributed by atoms with Crippen LogP contribution < -0.4 is 5.73 Å². The molecule has 0 aliphatic carbocycles. The Bertz CT molecular complexity index is 415. The highest BCUT2D eigenvalue weighted by Gasteiger charge is 2.00. The van der Waals surface area contributed by atoms with E-state index in [-0.39, 0.29) is 5.95 Å². The molecule has 2 aromatic heterocycles. The van der Waals surface area contributed by atoms with Crippen LogP contribution in [0.4, 0.5) is 5.95 Å². The highest BCUT2D eigenvalue weighted by Crippen LogP contribution is 2.18. The average molecular weight is 207 g/mol. The summed E-state index contributed by atoms with van der Waals surface area (Å²) in [6.07, 6.45) is 3.22. The van der Waals surface area contributed by atoms with Gasteiger partial charge in [-0.25, -0.2) is 15.0 Å². The number of halogens is 1. The van der Waals surface area contributed by atoms with Crippen LogP contribution in [-0.4, -0.2) is 15.0 Å². The number of nitrogens with zero attached hydrogens (tertiary/aromatic N) is 3. The number of nitrogens with two attached hydrogens (primary N) is 1. The van der Waals surface area contributed by atoms with Gasteiger partial charge in [0.1, 0.15) is 5.15 Å². The first-order valence-corrected chi connectivity index (χ1v) is 4.34. The highest BCUT2D eigenvalue weighted by atomic mass is 35.5. The van der Waals surface area contributed by atoms with Crippen LogP contribution in [0.3, 0.4) is 0 Å². The van der Waals surface area contributed by atoms with Crippen LogP contribution >= 0.6 is 11.6 Å². The molecule has 0 aromatic carbocycles. The van der Waals surface area contributed by atoms with Crippen molar-refractivity contribution in [3.8, 4) is 11.3 Å². The van der Waals surface area contributed by atoms with Gasteiger partial charge in [0.2, 0.25) is 5.95 Å². The van der Waals surface area contributed by atoms with Crippen LogP contribution in [0.2, 0.25) is 5.15 Å². The smallest absolute Gasteiger partial charge is 0.220 e. The molecule has 0 atom stereocenters. The normalized spacial score (nSPS) is 10.1. The second-order valence-corrected chi connectivity index (χ2v) is 3.05. The average Bonchev–Trinajstić information content (AvgIpc) is 2.18. The van der Waals surface area contributed by atoms with Crippen molar-refractivity contribution in [1.82, 2.24) is 15.0 Å². The van der Waals surface area contributed by atoms with Crippen molar-refractivity contribution in [1.29, 1.82) is 0 Å². The number of pyridine rings is 1. The molecule has 5 heteroatoms. The molecule has 2 heterocycles. The van der Waals surface area contributed by atoms with Crippen LogP contribution in [-0.2, 0) is 0 Å². The van der Waals surface area contributed by atoms with Gasteiger partial charge in [0.05, 0.1) is 5.69 Å². The summed E-state index contributed by atoms with van der Waals surface area (Å²) >= 11 is 5.75. The van der Waals surface area contributed by atoms with E-state index in [0.29, 0.717) is 5.15 Å². The topological polar surface area (TPSA) is 64.7 Å². The molecule has 0 aliphatic rings. The molecule has 0 saturated carbocycles. The standard InChI is InChI=1S/C9H7ClN4/c10-8-5-6(1-3-12-8)7-2-4-13-9(11)14-7/h1-5H,(H2,11,13,14). The lowest BCUT2D eigenvalue weighted by Crippen LogP contribution is -1.95. The predicted octanol–water partition coefficient (Wildman–Crippen LogP) is 1.77. The quantitative estimate of drug-likeness (QED) is 0.723. The number of hydrogen-bond acceptors (Lipinski definition) is 4. The van der Waals surface area contributed by atoms with Crippen LogP contribution in [0.1, 0.15) is 0 Å². The number of aromatic nitrogens is 3. The molecule has 0 amide bonds. The maximum Gasteiger partial charge on any atom is 0.220 e. The maximum absolute atomic E-state index is 5.75. The van der Waals surface area contributed by atoms with Gasteiger partial charge in [-0.15, -0.1) is 0 Å². The van der Waals surface area contributed by atoms with Crippen LogP contribution in [0.5, 0.6) is 0 Å². The molecule has 4 nitrogen and oxygen atoms in total. The minimum absolute atomic E-state index is 0.246. The van der Waals surface area contributed by atoms with Gasteiger partial charge < -0.3 is 5.73 Å². The molecule has 0 radical (unpaired) electrons. The van der Waals surface area contributed by atoms with Crippen molar-refractivity contribution >= 4 is 17.5 Å². The van der Waals surface area contributed by atoms with Gasteiger partial charge in [0.25, 0.3) is 0 Å². The molecule has 0 saturated heterocycles. The molecule has 0 spiro atoms. The molecular formula is C9H7ClN4. The zero-order chi connectivity index (χ0) is 9.97. The predicted molar refractivity (Wildman–Crippen MR) is 54.7 cm³/mol. The van der Waals surface area contributed by atoms with Crippen molar-refractivity contribution in [3.05, 3.63) is 35.7 Å². The molecule has 0 unspecified atom stereocenters. The minimum atomic E-state index is 0.246. The van der Waals surface area contributed by atoms with Gasteiger partial charge >= 0.3 is 0 Å². The Morgan fingerprint density at radius 2 is 1.93 bits per heavy atom. The fourth-order valence-electron chi connectivity index (χ4n) is 1.10. The third-order valence-electron chi connectivity index (χ3n) is 1.70. The first-order valence-electron chi connectivity index (χ1n) is 3.96. The Labute approximate surface area is 85.8 Å². The minimum Gasteiger partial charge on any atom is -0.368 e. The van der Waals surface area contributed by atoms with E-state index in [2.05, 4.69) is 15.0 Å². The Hall–Kier alpha value is -1.68. The van der Waals surface area contributed by atoms with Crippen LogP contribution in [0.15, 0.2) is 30.6 Å². The van der Waals surface area contributed by atoms with Gasteiger partial charge in [0, 0.05) is 18.0 Å². The lowest BCUT2D eigenvalue weighted by atomic mass is 10.2. The van der Waals surface area contributed by atoms with E-state index in [9.17, 15) is 0 Å². The number of hydrogen-bond donors (Lipinski definition) is 1. The monoisotopic (exact) mass is 206 g/mol. The van der Waals surface area contributed by atoms with E-state index < -0.39 is 0 Å². The summed E-state index contributed by atoms with van der Waals surface area (Å²) < 4.78 is 0. The Balaban J connectivity index is 2.49. The van der Waals surface area contributed by atoms with Crippen molar-refractivity contribution in [2.24, 2.45) is 0 Å². The molecule has 2 aromatic rings. The third-order valence-corrected chi connectivity index (χ3v) is 1.90. The number of anilines is 1. The summed E-state index contributed by atoms with van der Waals surface area (Å²) in [6, 6.07) is 5.30. The largest absolute Gasteiger partial charge is 0.368 e. The zero-order valence-corrected chi connectivity index (χ0v) is 7.94. The summed E-state index contributed by atoms with van der Waals surface area (Å²) in [5.41, 5.74) is 7.08. The SMILES string of the molecule is Nc1nccc(-c2ccnc(Cl)c2)n1. The van der Waals surface area contributed by atoms with E-state index in [1.165, 1.54) is 0 Å². The van der Waals surface area contributed by atoms with Gasteiger partial charge in [-0.1, -0.05) is 11.6 Å². The third kappa shape index (κ3) is 1.80. The second-order valence-electron chi connectivity index (χ2n) is 2.67. The summed E-state index contributed by atoms with van der Waals surface area (Å²) in [4.78, 5) is 11.7. The highest BCUT2D eigenvalue weighted by molar-refractivity contribution is 6.29. The van der Waals surface area contributed by atoms with Crippen molar-refractivity contribution in [2.75, 3.05) is 5.73 Å². The molecule has 14 heavy (non-hydrogen) atoms. The van der Waals surface area contributed by atoms with Gasteiger partial charge in [-0.3, -0.25) is 0 Å². The van der Waals surface area contributed by atoms with E-state index in [4.69, 9.17) is 17.3 Å². The molecular weight excluding hydrogens is 200 g/mol. The lowest BCUT2D eigenvalue weighted by Gasteiger charge is -2.00. The number of nitrogen functional groups attached to an aromatic ring is 1. The fourth-order valence-corrected chi connectivity index (χ4v) is 1.27. The number of rotatable bonds is 1. The molecule has 0 bridgehead atoms. The first kappa shape index (κ1) is 8.90. The van der Waals surface area contributed by atoms with Gasteiger partial charge in [0.15, 0.2) is 0 Å². The van der Waals surface area contributed by atoms with Gasteiger partial charge in [-0.05, 0) is 18.2 Å². The van der Waals surface area contributed by atoms with E-state index in [1.54, 1.807) is 24.5 Å². The Kier molecular flexibility index (Phi) is 2.28. The molecule has 2 N–H and O–H groups in total. The summed E-state index contributed by atoms with van der Waals surface area (Å²) in [5, 5.41) is 0.430. The lowest BCUT2D eigenvalue weighted by molar-refractivity contribution is 1.19. The van der Waals surface area contributed by atoms with E-state index in [0.717, 1.165) is 11.3 Å². The van der Waals surface area contributed by atoms with Crippen molar-refractivity contribution in [2.45, 2.75) is 0 Å². The van der Waals surface area contributed by atoms with E-state index >= 15 is 0 Å². The van der Waals surface area contributed by atoms with Gasteiger partial charge in [-0.2, -0.15) is 0 Å². The fraction of sp³-hybridized carbons (Fsp3) is 0.